The van der Waals surface area contributed by atoms with Gasteiger partial charge < -0.3 is 62.5 Å². The molecule has 2 N–H and O–H groups in total. The zero-order chi connectivity index (χ0) is 50.3. The molecule has 0 spiro atoms. The Morgan fingerprint density at radius 2 is 1.62 bits per heavy atom. The zero-order valence-electron chi connectivity index (χ0n) is 41.9. The quantitative estimate of drug-likeness (QED) is 0.135. The van der Waals surface area contributed by atoms with E-state index in [9.17, 15) is 34.2 Å². The van der Waals surface area contributed by atoms with Gasteiger partial charge in [0.15, 0.2) is 24.3 Å². The fraction of sp³-hybridized carbons (Fsp3) is 0.740. The van der Waals surface area contributed by atoms with Gasteiger partial charge in [0.1, 0.15) is 36.8 Å². The number of ether oxygens (including phenoxy) is 9. The maximum absolute atomic E-state index is 13.7. The molecule has 3 heterocycles. The minimum atomic E-state index is -1.43. The van der Waals surface area contributed by atoms with Gasteiger partial charge in [0.25, 0.3) is 0 Å². The second-order valence-electron chi connectivity index (χ2n) is 18.9. The molecule has 18 nitrogen and oxygen atoms in total. The number of benzene rings is 1. The maximum atomic E-state index is 13.7. The Morgan fingerprint density at radius 3 is 2.24 bits per heavy atom. The van der Waals surface area contributed by atoms with Gasteiger partial charge in [-0.25, -0.2) is 0 Å². The molecule has 3 aliphatic heterocycles. The van der Waals surface area contributed by atoms with Crippen LogP contribution in [0, 0.1) is 11.8 Å². The van der Waals surface area contributed by atoms with Crippen LogP contribution in [0.2, 0.25) is 0 Å². The zero-order valence-corrected chi connectivity index (χ0v) is 41.9. The highest BCUT2D eigenvalue weighted by atomic mass is 16.7. The first kappa shape index (κ1) is 56.7. The Balaban J connectivity index is 1.69. The molecule has 3 aliphatic rings. The summed E-state index contributed by atoms with van der Waals surface area (Å²) < 4.78 is 55.5. The Hall–Kier alpha value is -3.85. The third-order valence-corrected chi connectivity index (χ3v) is 13.1. The number of hydrogen-bond acceptors (Lipinski definition) is 18. The molecule has 18 heteroatoms. The molecular formula is C50H78N2O16. The fourth-order valence-corrected chi connectivity index (χ4v) is 9.51. The largest absolute Gasteiger partial charge is 0.463 e. The third-order valence-electron chi connectivity index (χ3n) is 13.1. The van der Waals surface area contributed by atoms with Crippen molar-refractivity contribution in [3.63, 3.8) is 0 Å². The number of aliphatic hydroxyl groups excluding tert-OH is 2. The highest BCUT2D eigenvalue weighted by Crippen LogP contribution is 2.39. The lowest BCUT2D eigenvalue weighted by Crippen LogP contribution is -2.66. The number of aliphatic hydroxyl groups is 2. The Morgan fingerprint density at radius 1 is 0.941 bits per heavy atom. The van der Waals surface area contributed by atoms with E-state index >= 15 is 0 Å². The normalized spacial score (nSPS) is 36.0. The molecule has 384 valence electrons. The average Bonchev–Trinajstić information content (AvgIpc) is 3.27. The van der Waals surface area contributed by atoms with Crippen molar-refractivity contribution in [2.24, 2.45) is 11.8 Å². The summed E-state index contributed by atoms with van der Waals surface area (Å²) in [4.78, 5) is 68.0. The topological polar surface area (TPSA) is 215 Å². The van der Waals surface area contributed by atoms with Crippen LogP contribution in [-0.4, -0.2) is 176 Å². The highest BCUT2D eigenvalue weighted by Gasteiger charge is 2.54. The van der Waals surface area contributed by atoms with Crippen LogP contribution in [0.3, 0.4) is 0 Å². The minimum Gasteiger partial charge on any atom is -0.463 e. The molecule has 0 amide bonds. The van der Waals surface area contributed by atoms with E-state index in [4.69, 9.17) is 42.6 Å². The number of aldehydes is 1. The van der Waals surface area contributed by atoms with Crippen molar-refractivity contribution >= 4 is 36.2 Å². The van der Waals surface area contributed by atoms with Crippen LogP contribution < -0.4 is 0 Å². The van der Waals surface area contributed by atoms with E-state index in [1.165, 1.54) is 14.0 Å². The number of likely N-dealkylation sites (N-methyl/N-ethyl adjacent to an activating group) is 1. The van der Waals surface area contributed by atoms with Crippen molar-refractivity contribution in [1.82, 2.24) is 9.80 Å². The smallest absolute Gasteiger partial charge is 0.309 e. The van der Waals surface area contributed by atoms with Gasteiger partial charge in [-0.15, -0.1) is 0 Å². The third kappa shape index (κ3) is 16.1. The maximum Gasteiger partial charge on any atom is 0.309 e. The number of rotatable bonds is 16. The molecule has 68 heavy (non-hydrogen) atoms. The van der Waals surface area contributed by atoms with E-state index in [0.717, 1.165) is 11.8 Å². The summed E-state index contributed by atoms with van der Waals surface area (Å²) in [6.45, 7) is 14.6. The summed E-state index contributed by atoms with van der Waals surface area (Å²) in [5.41, 5.74) is -0.298. The first-order chi connectivity index (χ1) is 32.2. The second-order valence-corrected chi connectivity index (χ2v) is 18.9. The molecule has 1 aromatic rings. The van der Waals surface area contributed by atoms with Crippen LogP contribution in [0.15, 0.2) is 36.4 Å². The van der Waals surface area contributed by atoms with Gasteiger partial charge in [0.2, 0.25) is 0 Å². The van der Waals surface area contributed by atoms with E-state index in [1.54, 1.807) is 60.5 Å². The predicted molar refractivity (Wildman–Crippen MR) is 248 cm³/mol. The summed E-state index contributed by atoms with van der Waals surface area (Å²) in [5, 5.41) is 24.1. The van der Waals surface area contributed by atoms with Crippen LogP contribution in [0.5, 0.6) is 0 Å². The van der Waals surface area contributed by atoms with Crippen LogP contribution in [0.4, 0.5) is 0 Å². The number of carbonyl (C=O) groups excluding carboxylic acids is 5. The van der Waals surface area contributed by atoms with Gasteiger partial charge in [-0.05, 0) is 72.0 Å². The first-order valence-electron chi connectivity index (χ1n) is 24.1. The van der Waals surface area contributed by atoms with Gasteiger partial charge in [-0.1, -0.05) is 63.3 Å². The number of methoxy groups -OCH3 is 1. The van der Waals surface area contributed by atoms with E-state index in [-0.39, 0.29) is 38.6 Å². The van der Waals surface area contributed by atoms with Crippen molar-refractivity contribution in [2.75, 3.05) is 40.8 Å². The molecule has 0 saturated carbocycles. The second kappa shape index (κ2) is 26.9. The molecule has 3 fully saturated rings. The predicted octanol–water partition coefficient (Wildman–Crippen LogP) is 4.24. The fourth-order valence-electron chi connectivity index (χ4n) is 9.51. The monoisotopic (exact) mass is 963 g/mol. The molecular weight excluding hydrogens is 885 g/mol. The highest BCUT2D eigenvalue weighted by molar-refractivity contribution is 5.73. The molecule has 3 saturated heterocycles. The van der Waals surface area contributed by atoms with E-state index in [1.807, 2.05) is 49.4 Å². The number of hydrogen-bond donors (Lipinski definition) is 2. The van der Waals surface area contributed by atoms with E-state index in [0.29, 0.717) is 19.5 Å². The standard InChI is InChI=1S/C50H78N2O16/c1-12-39(56)64-38-27-41(58)61-31(4)21-24-52(23-17-20-35-18-15-14-16-19-35)29-37(55)30(3)26-36(22-25-53)46(47(38)60-11)67-49-44(59)43(51(9)10)45(32(5)63-49)66-42-28-50(8,68-34(7)54)48(33(6)62-42)65-40(57)13-2/h14-20,25,30-33,36-38,42-49,55,59H,12-13,21-24,26-29H2,1-11H3/b20-17+/t30-,31-,32?,33?,36+,37+,38-,42?,43?,44?,45?,46+,47?,48?,49?,50?/m1/s1. The van der Waals surface area contributed by atoms with Crippen molar-refractivity contribution < 1.29 is 76.8 Å². The Bertz CT molecular complexity index is 1780. The lowest BCUT2D eigenvalue weighted by Gasteiger charge is -2.50. The SMILES string of the molecule is CCC(=O)OC1C(C)OC(OC2C(C)OC(O[C@@H]3C(OC)[C@H](OC(=O)CC)CC(=O)O[C@H](C)CCN(C/C=C/c4ccccc4)C[C@H](O)[C@H](C)C[C@@H]3CC=O)C(O)C2N(C)C)CC1(C)OC(C)=O. The van der Waals surface area contributed by atoms with Crippen molar-refractivity contribution in [3.8, 4) is 0 Å². The molecule has 0 bridgehead atoms. The van der Waals surface area contributed by atoms with Gasteiger partial charge in [0, 0.05) is 59.4 Å². The lowest BCUT2D eigenvalue weighted by molar-refractivity contribution is -0.344. The van der Waals surface area contributed by atoms with Gasteiger partial charge >= 0.3 is 23.9 Å². The molecule has 4 rings (SSSR count). The Kier molecular flexibility index (Phi) is 22.5. The summed E-state index contributed by atoms with van der Waals surface area (Å²) in [6, 6.07) is 9.03. The molecule has 16 atom stereocenters. The number of carbonyl (C=O) groups is 5. The van der Waals surface area contributed by atoms with Crippen molar-refractivity contribution in [2.45, 2.75) is 186 Å². The molecule has 1 aromatic carbocycles. The van der Waals surface area contributed by atoms with Gasteiger partial charge in [-0.2, -0.15) is 0 Å². The van der Waals surface area contributed by atoms with Crippen molar-refractivity contribution in [1.29, 1.82) is 0 Å². The number of nitrogens with zero attached hydrogens (tertiary/aromatic N) is 2. The molecule has 0 aromatic heterocycles. The molecule has 10 unspecified atom stereocenters. The summed E-state index contributed by atoms with van der Waals surface area (Å²) >= 11 is 0. The summed E-state index contributed by atoms with van der Waals surface area (Å²) in [5.74, 6) is -3.46. The number of cyclic esters (lactones) is 1. The van der Waals surface area contributed by atoms with Crippen molar-refractivity contribution in [3.05, 3.63) is 42.0 Å². The average molecular weight is 963 g/mol. The molecule has 0 aliphatic carbocycles. The van der Waals surface area contributed by atoms with Crippen LogP contribution in [0.1, 0.15) is 106 Å². The Labute approximate surface area is 402 Å². The van der Waals surface area contributed by atoms with Crippen LogP contribution in [-0.2, 0) is 66.6 Å². The van der Waals surface area contributed by atoms with E-state index < -0.39 is 127 Å². The lowest BCUT2D eigenvalue weighted by atomic mass is 9.82. The number of esters is 4. The first-order valence-corrected chi connectivity index (χ1v) is 24.1. The van der Waals surface area contributed by atoms with E-state index in [2.05, 4.69) is 4.90 Å². The van der Waals surface area contributed by atoms with Crippen LogP contribution in [0.25, 0.3) is 6.08 Å². The van der Waals surface area contributed by atoms with Gasteiger partial charge in [-0.3, -0.25) is 24.1 Å². The summed E-state index contributed by atoms with van der Waals surface area (Å²) in [6.07, 6.45) is -7.22. The minimum absolute atomic E-state index is 0.0125. The molecule has 0 radical (unpaired) electrons. The number of β-amino-alcohol motifs (C(OH)–C–C–N with tert-alkyl or cyclic N) is 1. The summed E-state index contributed by atoms with van der Waals surface area (Å²) in [7, 11) is 4.88. The van der Waals surface area contributed by atoms with Gasteiger partial charge in [0.05, 0.1) is 36.9 Å². The van der Waals surface area contributed by atoms with Crippen LogP contribution >= 0.6 is 0 Å².